The molecule has 1 aliphatic heterocycles. The van der Waals surface area contributed by atoms with Gasteiger partial charge in [-0.1, -0.05) is 48.0 Å². The summed E-state index contributed by atoms with van der Waals surface area (Å²) in [6.45, 7) is 4.36. The lowest BCUT2D eigenvalue weighted by Gasteiger charge is -2.23. The quantitative estimate of drug-likeness (QED) is 0.630. The third kappa shape index (κ3) is 6.08. The van der Waals surface area contributed by atoms with Crippen LogP contribution in [-0.2, 0) is 22.5 Å². The molecule has 0 saturated carbocycles. The van der Waals surface area contributed by atoms with E-state index < -0.39 is 0 Å². The minimum absolute atomic E-state index is 0.0630. The van der Waals surface area contributed by atoms with E-state index in [0.29, 0.717) is 38.8 Å². The molecule has 0 fully saturated rings. The Labute approximate surface area is 188 Å². The van der Waals surface area contributed by atoms with Crippen LogP contribution in [0.3, 0.4) is 0 Å². The maximum Gasteiger partial charge on any atom is 0.260 e. The molecule has 0 aliphatic carbocycles. The van der Waals surface area contributed by atoms with E-state index in [0.717, 1.165) is 23.3 Å². The van der Waals surface area contributed by atoms with Crippen molar-refractivity contribution in [1.29, 1.82) is 0 Å². The third-order valence-electron chi connectivity index (χ3n) is 5.30. The topological polar surface area (TPSA) is 60.9 Å². The predicted molar refractivity (Wildman–Crippen MR) is 122 cm³/mol. The van der Waals surface area contributed by atoms with Crippen LogP contribution in [0.25, 0.3) is 0 Å². The molecule has 4 rings (SSSR count). The number of carbonyl (C=O) groups excluding carboxylic acids is 1. The highest BCUT2D eigenvalue weighted by molar-refractivity contribution is 5.77. The van der Waals surface area contributed by atoms with E-state index in [4.69, 9.17) is 14.2 Å². The van der Waals surface area contributed by atoms with Gasteiger partial charge in [0.05, 0.1) is 13.2 Å². The van der Waals surface area contributed by atoms with Crippen LogP contribution < -0.4 is 9.47 Å². The number of hydrogen-bond acceptors (Lipinski definition) is 5. The van der Waals surface area contributed by atoms with Crippen molar-refractivity contribution in [2.75, 3.05) is 33.0 Å². The second kappa shape index (κ2) is 10.8. The molecule has 2 heterocycles. The molecule has 6 nitrogen and oxygen atoms in total. The second-order valence-corrected chi connectivity index (χ2v) is 7.84. The number of rotatable bonds is 3. The van der Waals surface area contributed by atoms with Gasteiger partial charge in [0.25, 0.3) is 5.91 Å². The first-order valence-electron chi connectivity index (χ1n) is 10.9. The van der Waals surface area contributed by atoms with Crippen molar-refractivity contribution in [2.45, 2.75) is 19.9 Å². The van der Waals surface area contributed by atoms with Gasteiger partial charge < -0.3 is 19.1 Å². The minimum atomic E-state index is -0.103. The zero-order valence-corrected chi connectivity index (χ0v) is 18.3. The summed E-state index contributed by atoms with van der Waals surface area (Å²) >= 11 is 0. The third-order valence-corrected chi connectivity index (χ3v) is 5.30. The van der Waals surface area contributed by atoms with E-state index in [1.165, 1.54) is 11.1 Å². The van der Waals surface area contributed by atoms with Crippen molar-refractivity contribution in [3.63, 3.8) is 0 Å². The summed E-state index contributed by atoms with van der Waals surface area (Å²) in [7, 11) is 0. The highest BCUT2D eigenvalue weighted by Gasteiger charge is 2.16. The number of amides is 1. The molecule has 1 aromatic heterocycles. The molecule has 32 heavy (non-hydrogen) atoms. The Morgan fingerprint density at radius 2 is 1.94 bits per heavy atom. The van der Waals surface area contributed by atoms with E-state index in [9.17, 15) is 4.79 Å². The summed E-state index contributed by atoms with van der Waals surface area (Å²) in [4.78, 5) is 18.8. The Hall–Kier alpha value is -3.38. The number of nitrogens with zero attached hydrogens (tertiary/aromatic N) is 2. The molecule has 0 spiro atoms. The molecule has 0 atom stereocenters. The number of benzene rings is 2. The number of pyridine rings is 1. The van der Waals surface area contributed by atoms with E-state index in [-0.39, 0.29) is 12.5 Å². The van der Waals surface area contributed by atoms with Gasteiger partial charge in [0, 0.05) is 31.8 Å². The first kappa shape index (κ1) is 21.8. The Morgan fingerprint density at radius 1 is 1.03 bits per heavy atom. The normalized spacial score (nSPS) is 14.6. The van der Waals surface area contributed by atoms with Crippen molar-refractivity contribution in [3.05, 3.63) is 89.1 Å². The lowest BCUT2D eigenvalue weighted by molar-refractivity contribution is -0.134. The number of carbonyl (C=O) groups is 1. The van der Waals surface area contributed by atoms with Crippen molar-refractivity contribution in [2.24, 2.45) is 0 Å². The van der Waals surface area contributed by atoms with Crippen molar-refractivity contribution < 1.29 is 19.0 Å². The summed E-state index contributed by atoms with van der Waals surface area (Å²) in [6.07, 6.45) is 2.41. The fourth-order valence-electron chi connectivity index (χ4n) is 3.70. The molecule has 0 unspecified atom stereocenters. The van der Waals surface area contributed by atoms with Crippen molar-refractivity contribution >= 4 is 5.91 Å². The lowest BCUT2D eigenvalue weighted by atomic mass is 10.0. The van der Waals surface area contributed by atoms with Crippen LogP contribution in [-0.4, -0.2) is 48.8 Å². The summed E-state index contributed by atoms with van der Waals surface area (Å²) in [5.74, 6) is 1.23. The minimum Gasteiger partial charge on any atom is -0.491 e. The molecular formula is C26H28N2O4. The molecule has 1 aliphatic rings. The molecule has 3 aromatic rings. The van der Waals surface area contributed by atoms with Crippen molar-refractivity contribution in [1.82, 2.24) is 9.88 Å². The Kier molecular flexibility index (Phi) is 7.35. The van der Waals surface area contributed by atoms with E-state index in [2.05, 4.69) is 36.2 Å². The maximum atomic E-state index is 12.9. The van der Waals surface area contributed by atoms with Crippen LogP contribution >= 0.6 is 0 Å². The standard InChI is InChI=1S/C26H28N2O4/c1-20-8-9-24-23(15-20)17-21-5-4-6-22(16-21)18-28(11-12-30-13-14-31-24)26(29)19-32-25-7-2-3-10-27-25/h2-10,15-16H,11-14,17-19H2,1H3. The Balaban J connectivity index is 1.51. The van der Waals surface area contributed by atoms with Gasteiger partial charge in [-0.3, -0.25) is 4.79 Å². The fourth-order valence-corrected chi connectivity index (χ4v) is 3.70. The Morgan fingerprint density at radius 3 is 2.81 bits per heavy atom. The first-order valence-corrected chi connectivity index (χ1v) is 10.9. The van der Waals surface area contributed by atoms with Crippen LogP contribution in [0.1, 0.15) is 22.3 Å². The summed E-state index contributed by atoms with van der Waals surface area (Å²) in [6, 6.07) is 20.0. The van der Waals surface area contributed by atoms with Gasteiger partial charge in [0.15, 0.2) is 6.61 Å². The highest BCUT2D eigenvalue weighted by atomic mass is 16.5. The van der Waals surface area contributed by atoms with Crippen LogP contribution in [0.5, 0.6) is 11.6 Å². The summed E-state index contributed by atoms with van der Waals surface area (Å²) in [5.41, 5.74) is 4.60. The van der Waals surface area contributed by atoms with Crippen LogP contribution in [0.4, 0.5) is 0 Å². The number of aryl methyl sites for hydroxylation is 1. The number of fused-ring (bicyclic) bond motifs is 3. The molecule has 2 aromatic carbocycles. The van der Waals surface area contributed by atoms with Gasteiger partial charge in [-0.15, -0.1) is 0 Å². The SMILES string of the molecule is Cc1ccc2c(c1)Cc1cccc(c1)CN(C(=O)COc1ccccn1)CCOCCO2. The Bertz CT molecular complexity index is 1040. The van der Waals surface area contributed by atoms with Gasteiger partial charge in [0.1, 0.15) is 12.4 Å². The van der Waals surface area contributed by atoms with Crippen LogP contribution in [0.2, 0.25) is 0 Å². The smallest absolute Gasteiger partial charge is 0.260 e. The van der Waals surface area contributed by atoms with E-state index in [1.807, 2.05) is 30.3 Å². The van der Waals surface area contributed by atoms with Gasteiger partial charge in [-0.05, 0) is 35.7 Å². The number of ether oxygens (including phenoxy) is 3. The second-order valence-electron chi connectivity index (χ2n) is 7.84. The maximum absolute atomic E-state index is 12.9. The molecule has 2 bridgehead atoms. The van der Waals surface area contributed by atoms with Gasteiger partial charge in [-0.25, -0.2) is 4.98 Å². The molecule has 0 saturated heterocycles. The predicted octanol–water partition coefficient (Wildman–Crippen LogP) is 3.80. The van der Waals surface area contributed by atoms with Gasteiger partial charge >= 0.3 is 0 Å². The molecule has 6 heteroatoms. The highest BCUT2D eigenvalue weighted by Crippen LogP contribution is 2.24. The van der Waals surface area contributed by atoms with Crippen molar-refractivity contribution in [3.8, 4) is 11.6 Å². The number of hydrogen-bond donors (Lipinski definition) is 0. The molecule has 0 radical (unpaired) electrons. The number of aromatic nitrogens is 1. The van der Waals surface area contributed by atoms with Crippen LogP contribution in [0.15, 0.2) is 66.9 Å². The molecule has 1 amide bonds. The van der Waals surface area contributed by atoms with Gasteiger partial charge in [0.2, 0.25) is 5.88 Å². The zero-order valence-electron chi connectivity index (χ0n) is 18.3. The average molecular weight is 433 g/mol. The zero-order chi connectivity index (χ0) is 22.2. The summed E-state index contributed by atoms with van der Waals surface area (Å²) in [5, 5.41) is 0. The first-order chi connectivity index (χ1) is 15.7. The molecular weight excluding hydrogens is 404 g/mol. The molecule has 166 valence electrons. The summed E-state index contributed by atoms with van der Waals surface area (Å²) < 4.78 is 17.3. The lowest BCUT2D eigenvalue weighted by Crippen LogP contribution is -2.37. The average Bonchev–Trinajstić information content (AvgIpc) is 2.80. The molecule has 0 N–H and O–H groups in total. The fraction of sp³-hybridized carbons (Fsp3) is 0.308. The van der Waals surface area contributed by atoms with E-state index >= 15 is 0 Å². The monoisotopic (exact) mass is 432 g/mol. The van der Waals surface area contributed by atoms with Crippen LogP contribution in [0, 0.1) is 6.92 Å². The van der Waals surface area contributed by atoms with E-state index in [1.54, 1.807) is 17.2 Å². The van der Waals surface area contributed by atoms with Gasteiger partial charge in [-0.2, -0.15) is 0 Å². The largest absolute Gasteiger partial charge is 0.491 e.